The molecule has 0 saturated carbocycles. The number of benzene rings is 10. The Kier molecular flexibility index (Phi) is 7.25. The highest BCUT2D eigenvalue weighted by atomic mass is 14.3. The van der Waals surface area contributed by atoms with Crippen molar-refractivity contribution in [1.82, 2.24) is 0 Å². The van der Waals surface area contributed by atoms with E-state index < -0.39 is 0 Å². The fourth-order valence-corrected chi connectivity index (χ4v) is 8.55. The quantitative estimate of drug-likeness (QED) is 0.161. The van der Waals surface area contributed by atoms with Gasteiger partial charge < -0.3 is 0 Å². The zero-order valence-electron chi connectivity index (χ0n) is 28.6. The Balaban J connectivity index is 1.45. The molecule has 10 aromatic carbocycles. The van der Waals surface area contributed by atoms with Gasteiger partial charge in [-0.05, 0) is 98.7 Å². The van der Waals surface area contributed by atoms with Crippen LogP contribution in [0.3, 0.4) is 0 Å². The van der Waals surface area contributed by atoms with E-state index >= 15 is 0 Å². The molecule has 52 heavy (non-hydrogen) atoms. The summed E-state index contributed by atoms with van der Waals surface area (Å²) in [5, 5.41) is 10.1. The van der Waals surface area contributed by atoms with Crippen molar-refractivity contribution in [2.45, 2.75) is 0 Å². The normalized spacial score (nSPS) is 11.5. The van der Waals surface area contributed by atoms with E-state index in [1.807, 2.05) is 0 Å². The second kappa shape index (κ2) is 12.5. The number of hydrogen-bond acceptors (Lipinski definition) is 0. The second-order valence-electron chi connectivity index (χ2n) is 13.5. The molecule has 10 aromatic rings. The van der Waals surface area contributed by atoms with Crippen LogP contribution in [0.1, 0.15) is 0 Å². The van der Waals surface area contributed by atoms with E-state index in [1.165, 1.54) is 98.7 Å². The third-order valence-corrected chi connectivity index (χ3v) is 10.6. The molecule has 0 fully saturated rings. The Morgan fingerprint density at radius 1 is 0.173 bits per heavy atom. The Hall–Kier alpha value is -6.76. The van der Waals surface area contributed by atoms with Gasteiger partial charge in [-0.25, -0.2) is 0 Å². The van der Waals surface area contributed by atoms with Gasteiger partial charge in [0.25, 0.3) is 0 Å². The van der Waals surface area contributed by atoms with E-state index in [1.54, 1.807) is 0 Å². The minimum absolute atomic E-state index is 1.22. The van der Waals surface area contributed by atoms with Crippen molar-refractivity contribution in [2.75, 3.05) is 0 Å². The molecule has 0 spiro atoms. The van der Waals surface area contributed by atoms with Crippen LogP contribution >= 0.6 is 0 Å². The molecule has 0 unspecified atom stereocenters. The summed E-state index contributed by atoms with van der Waals surface area (Å²) in [6.45, 7) is 0. The first-order valence-corrected chi connectivity index (χ1v) is 18.0. The summed E-state index contributed by atoms with van der Waals surface area (Å²) in [6.07, 6.45) is 0. The van der Waals surface area contributed by atoms with Gasteiger partial charge in [0.1, 0.15) is 0 Å². The fourth-order valence-electron chi connectivity index (χ4n) is 8.55. The molecule has 0 aromatic heterocycles. The van der Waals surface area contributed by atoms with Crippen molar-refractivity contribution in [3.8, 4) is 55.6 Å². The van der Waals surface area contributed by atoms with Crippen LogP contribution in [0.2, 0.25) is 0 Å². The van der Waals surface area contributed by atoms with Gasteiger partial charge in [0.15, 0.2) is 0 Å². The van der Waals surface area contributed by atoms with Crippen LogP contribution in [-0.4, -0.2) is 0 Å². The average Bonchev–Trinajstić information content (AvgIpc) is 3.22. The molecule has 242 valence electrons. The van der Waals surface area contributed by atoms with Crippen LogP contribution in [0.15, 0.2) is 206 Å². The lowest BCUT2D eigenvalue weighted by molar-refractivity contribution is 1.63. The fraction of sp³-hybridized carbons (Fsp3) is 0. The molecule has 0 aliphatic carbocycles. The Labute approximate surface area is 303 Å². The molecule has 0 radical (unpaired) electrons. The van der Waals surface area contributed by atoms with Crippen molar-refractivity contribution in [1.29, 1.82) is 0 Å². The highest BCUT2D eigenvalue weighted by molar-refractivity contribution is 6.29. The molecule has 0 N–H and O–H groups in total. The Bertz CT molecular complexity index is 2700. The van der Waals surface area contributed by atoms with E-state index in [0.29, 0.717) is 0 Å². The predicted molar refractivity (Wildman–Crippen MR) is 224 cm³/mol. The van der Waals surface area contributed by atoms with Gasteiger partial charge in [0.05, 0.1) is 0 Å². The lowest BCUT2D eigenvalue weighted by Crippen LogP contribution is -1.96. The molecule has 0 nitrogen and oxygen atoms in total. The first kappa shape index (κ1) is 30.1. The van der Waals surface area contributed by atoms with E-state index in [2.05, 4.69) is 206 Å². The minimum Gasteiger partial charge on any atom is -0.0622 e. The van der Waals surface area contributed by atoms with Crippen LogP contribution in [0.4, 0.5) is 0 Å². The second-order valence-corrected chi connectivity index (χ2v) is 13.5. The molecule has 0 aliphatic heterocycles. The smallest absolute Gasteiger partial charge is 0.00139 e. The monoisotopic (exact) mass is 658 g/mol. The highest BCUT2D eigenvalue weighted by Gasteiger charge is 2.23. The third kappa shape index (κ3) is 4.77. The summed E-state index contributed by atoms with van der Waals surface area (Å²) in [6, 6.07) is 75.5. The number of rotatable bonds is 5. The van der Waals surface area contributed by atoms with Gasteiger partial charge in [-0.3, -0.25) is 0 Å². The molecule has 0 heteroatoms. The lowest BCUT2D eigenvalue weighted by atomic mass is 9.80. The molecular formula is C52H34. The highest BCUT2D eigenvalue weighted by Crippen LogP contribution is 2.51. The zero-order valence-corrected chi connectivity index (χ0v) is 28.6. The molecule has 0 heterocycles. The minimum atomic E-state index is 1.22. The zero-order chi connectivity index (χ0) is 34.4. The summed E-state index contributed by atoms with van der Waals surface area (Å²) < 4.78 is 0. The largest absolute Gasteiger partial charge is 0.0622 e. The van der Waals surface area contributed by atoms with Crippen molar-refractivity contribution < 1.29 is 0 Å². The van der Waals surface area contributed by atoms with Gasteiger partial charge in [-0.1, -0.05) is 206 Å². The number of fused-ring (bicyclic) bond motifs is 4. The van der Waals surface area contributed by atoms with E-state index in [9.17, 15) is 0 Å². The first-order valence-electron chi connectivity index (χ1n) is 18.0. The molecule has 0 atom stereocenters. The van der Waals surface area contributed by atoms with Crippen LogP contribution < -0.4 is 0 Å². The van der Waals surface area contributed by atoms with Gasteiger partial charge in [0, 0.05) is 0 Å². The van der Waals surface area contributed by atoms with E-state index in [-0.39, 0.29) is 0 Å². The van der Waals surface area contributed by atoms with E-state index in [0.717, 1.165) is 0 Å². The van der Waals surface area contributed by atoms with Crippen molar-refractivity contribution in [3.63, 3.8) is 0 Å². The van der Waals surface area contributed by atoms with Crippen molar-refractivity contribution in [2.24, 2.45) is 0 Å². The van der Waals surface area contributed by atoms with Crippen molar-refractivity contribution in [3.05, 3.63) is 206 Å². The maximum absolute atomic E-state index is 2.35. The van der Waals surface area contributed by atoms with Crippen LogP contribution in [-0.2, 0) is 0 Å². The van der Waals surface area contributed by atoms with Crippen molar-refractivity contribution >= 4 is 43.1 Å². The van der Waals surface area contributed by atoms with Gasteiger partial charge >= 0.3 is 0 Å². The molecule has 0 saturated heterocycles. The molecule has 0 amide bonds. The molecule has 0 bridgehead atoms. The van der Waals surface area contributed by atoms with E-state index in [4.69, 9.17) is 0 Å². The van der Waals surface area contributed by atoms with Gasteiger partial charge in [-0.15, -0.1) is 0 Å². The standard InChI is InChI=1S/C52H34/c1-5-19-35(20-6-1)47-39-27-13-15-29-41(39)49(37-23-9-3-10-24-37)51-43(31-17-33-45(47)51)44-32-18-34-46-48(36-21-7-2-8-22-36)40-28-14-16-30-42(40)50(52(44)46)38-25-11-4-12-26-38/h1-34H. The summed E-state index contributed by atoms with van der Waals surface area (Å²) in [5.41, 5.74) is 12.4. The Morgan fingerprint density at radius 3 is 0.750 bits per heavy atom. The summed E-state index contributed by atoms with van der Waals surface area (Å²) in [7, 11) is 0. The van der Waals surface area contributed by atoms with Gasteiger partial charge in [0.2, 0.25) is 0 Å². The third-order valence-electron chi connectivity index (χ3n) is 10.6. The predicted octanol–water partition coefficient (Wildman–Crippen LogP) is 14.6. The van der Waals surface area contributed by atoms with Gasteiger partial charge in [-0.2, -0.15) is 0 Å². The number of hydrogen-bond donors (Lipinski definition) is 0. The summed E-state index contributed by atoms with van der Waals surface area (Å²) >= 11 is 0. The Morgan fingerprint density at radius 2 is 0.423 bits per heavy atom. The topological polar surface area (TPSA) is 0 Å². The summed E-state index contributed by atoms with van der Waals surface area (Å²) in [4.78, 5) is 0. The van der Waals surface area contributed by atoms with Crippen LogP contribution in [0.25, 0.3) is 98.7 Å². The first-order chi connectivity index (χ1) is 25.9. The molecule has 0 aliphatic rings. The van der Waals surface area contributed by atoms with Crippen LogP contribution in [0, 0.1) is 0 Å². The maximum atomic E-state index is 2.35. The lowest BCUT2D eigenvalue weighted by Gasteiger charge is -2.23. The van der Waals surface area contributed by atoms with Crippen LogP contribution in [0.5, 0.6) is 0 Å². The maximum Gasteiger partial charge on any atom is -0.00139 e. The SMILES string of the molecule is c1ccc(-c2c3ccccc3c(-c3ccccc3)c3c(-c4cccc5c(-c6ccccc6)c6ccccc6c(-c6ccccc6)c45)cccc23)cc1. The summed E-state index contributed by atoms with van der Waals surface area (Å²) in [5.74, 6) is 0. The average molecular weight is 659 g/mol. The molecule has 10 rings (SSSR count). The molecular weight excluding hydrogens is 625 g/mol.